The highest BCUT2D eigenvalue weighted by Gasteiger charge is 2.19. The number of H-pyrrole nitrogens is 1. The third-order valence-corrected chi connectivity index (χ3v) is 6.19. The molecule has 0 bridgehead atoms. The summed E-state index contributed by atoms with van der Waals surface area (Å²) in [5.41, 5.74) is 3.48. The number of methoxy groups -OCH3 is 2. The summed E-state index contributed by atoms with van der Waals surface area (Å²) in [6, 6.07) is 19.1. The molecule has 0 saturated carbocycles. The highest BCUT2D eigenvalue weighted by molar-refractivity contribution is 7.09. The second kappa shape index (κ2) is 9.70. The lowest BCUT2D eigenvalue weighted by molar-refractivity contribution is 0.414. The monoisotopic (exact) mass is 447 g/mol. The summed E-state index contributed by atoms with van der Waals surface area (Å²) >= 11 is 1.72. The molecule has 32 heavy (non-hydrogen) atoms. The van der Waals surface area contributed by atoms with Crippen LogP contribution in [-0.2, 0) is 6.42 Å². The van der Waals surface area contributed by atoms with Crippen LogP contribution in [0.25, 0.3) is 16.9 Å². The van der Waals surface area contributed by atoms with Gasteiger partial charge in [0.2, 0.25) is 0 Å². The van der Waals surface area contributed by atoms with E-state index in [1.54, 1.807) is 30.2 Å². The zero-order valence-electron chi connectivity index (χ0n) is 18.3. The molecule has 7 heteroatoms. The third-order valence-electron chi connectivity index (χ3n) is 5.25. The van der Waals surface area contributed by atoms with Crippen LogP contribution in [0.3, 0.4) is 0 Å². The zero-order chi connectivity index (χ0) is 22.5. The number of nitrogens with zero attached hydrogens (tertiary/aromatic N) is 2. The van der Waals surface area contributed by atoms with E-state index in [1.807, 2.05) is 61.5 Å². The molecule has 4 rings (SSSR count). The van der Waals surface area contributed by atoms with Crippen molar-refractivity contribution in [3.05, 3.63) is 86.8 Å². The van der Waals surface area contributed by atoms with Crippen molar-refractivity contribution in [2.24, 2.45) is 4.99 Å². The first-order valence-electron chi connectivity index (χ1n) is 10.3. The Morgan fingerprint density at radius 3 is 2.25 bits per heavy atom. The van der Waals surface area contributed by atoms with Crippen molar-refractivity contribution < 1.29 is 9.47 Å². The maximum absolute atomic E-state index is 13.5. The number of aromatic amines is 1. The number of benzene rings is 2. The Morgan fingerprint density at radius 1 is 1.00 bits per heavy atom. The van der Waals surface area contributed by atoms with E-state index in [1.165, 1.54) is 4.88 Å². The van der Waals surface area contributed by atoms with E-state index < -0.39 is 0 Å². The van der Waals surface area contributed by atoms with E-state index >= 15 is 0 Å². The number of nitrogens with one attached hydrogen (secondary N) is 1. The van der Waals surface area contributed by atoms with Crippen molar-refractivity contribution in [2.75, 3.05) is 20.8 Å². The second-order valence-electron chi connectivity index (χ2n) is 7.23. The van der Waals surface area contributed by atoms with E-state index in [9.17, 15) is 4.79 Å². The quantitative estimate of drug-likeness (QED) is 0.388. The summed E-state index contributed by atoms with van der Waals surface area (Å²) in [5.74, 6) is 1.49. The fraction of sp³-hybridized carbons (Fsp3) is 0.200. The predicted molar refractivity (Wildman–Crippen MR) is 130 cm³/mol. The molecule has 164 valence electrons. The summed E-state index contributed by atoms with van der Waals surface area (Å²) in [5, 5.41) is 5.35. The summed E-state index contributed by atoms with van der Waals surface area (Å²) < 4.78 is 12.1. The predicted octanol–water partition coefficient (Wildman–Crippen LogP) is 4.96. The molecule has 0 saturated heterocycles. The van der Waals surface area contributed by atoms with Crippen LogP contribution in [0, 0.1) is 0 Å². The van der Waals surface area contributed by atoms with Crippen molar-refractivity contribution in [3.63, 3.8) is 0 Å². The van der Waals surface area contributed by atoms with Gasteiger partial charge in [0.25, 0.3) is 5.56 Å². The van der Waals surface area contributed by atoms with Crippen LogP contribution in [-0.4, -0.2) is 36.3 Å². The zero-order valence-corrected chi connectivity index (χ0v) is 19.1. The summed E-state index contributed by atoms with van der Waals surface area (Å²) in [4.78, 5) is 19.5. The molecule has 0 aliphatic carbocycles. The molecule has 0 radical (unpaired) electrons. The van der Waals surface area contributed by atoms with E-state index in [0.717, 1.165) is 34.9 Å². The van der Waals surface area contributed by atoms with Gasteiger partial charge in [-0.3, -0.25) is 14.9 Å². The number of hydrogen-bond acceptors (Lipinski definition) is 5. The second-order valence-corrected chi connectivity index (χ2v) is 8.26. The fourth-order valence-corrected chi connectivity index (χ4v) is 4.22. The minimum absolute atomic E-state index is 0.140. The fourth-order valence-electron chi connectivity index (χ4n) is 3.52. The Kier molecular flexibility index (Phi) is 6.56. The van der Waals surface area contributed by atoms with Crippen LogP contribution in [0.2, 0.25) is 0 Å². The lowest BCUT2D eigenvalue weighted by atomic mass is 10.0. The molecule has 1 N–H and O–H groups in total. The molecular formula is C25H25N3O3S. The Morgan fingerprint density at radius 2 is 1.66 bits per heavy atom. The number of rotatable bonds is 8. The van der Waals surface area contributed by atoms with Gasteiger partial charge in [-0.1, -0.05) is 6.07 Å². The van der Waals surface area contributed by atoms with Crippen LogP contribution in [0.15, 0.2) is 75.8 Å². The third kappa shape index (κ3) is 4.53. The molecule has 0 amide bonds. The molecular weight excluding hydrogens is 422 g/mol. The SMILES string of the molecule is COc1ccc(-c2[nH]n(-c3ccc(OC)cc3)c(=O)c2C(C)=NCCc2cccs2)cc1. The van der Waals surface area contributed by atoms with Gasteiger partial charge >= 0.3 is 0 Å². The normalized spacial score (nSPS) is 11.5. The standard InChI is InChI=1S/C25H25N3O3S/c1-17(26-15-14-22-5-4-16-32-22)23-24(18-6-10-20(30-2)11-7-18)27-28(25(23)29)19-8-12-21(31-3)13-9-19/h4-13,16,27H,14-15H2,1-3H3. The Bertz CT molecular complexity index is 1250. The number of thiophene rings is 1. The summed E-state index contributed by atoms with van der Waals surface area (Å²) in [6.07, 6.45) is 0.851. The molecule has 2 heterocycles. The first-order valence-corrected chi connectivity index (χ1v) is 11.2. The Labute approximate surface area is 190 Å². The molecule has 0 atom stereocenters. The lowest BCUT2D eigenvalue weighted by Crippen LogP contribution is -2.19. The first kappa shape index (κ1) is 21.6. The van der Waals surface area contributed by atoms with E-state index in [-0.39, 0.29) is 5.56 Å². The van der Waals surface area contributed by atoms with E-state index in [0.29, 0.717) is 17.8 Å². The van der Waals surface area contributed by atoms with Gasteiger partial charge < -0.3 is 9.47 Å². The number of hydrogen-bond donors (Lipinski definition) is 1. The van der Waals surface area contributed by atoms with Gasteiger partial charge in [0, 0.05) is 29.1 Å². The van der Waals surface area contributed by atoms with Crippen LogP contribution in [0.5, 0.6) is 11.5 Å². The molecule has 2 aromatic heterocycles. The smallest absolute Gasteiger partial charge is 0.280 e. The van der Waals surface area contributed by atoms with E-state index in [2.05, 4.69) is 16.5 Å². The van der Waals surface area contributed by atoms with Crippen LogP contribution in [0.1, 0.15) is 17.4 Å². The van der Waals surface area contributed by atoms with Gasteiger partial charge in [-0.15, -0.1) is 11.3 Å². The maximum Gasteiger partial charge on any atom is 0.280 e. The average Bonchev–Trinajstić information content (AvgIpc) is 3.47. The first-order chi connectivity index (χ1) is 15.6. The van der Waals surface area contributed by atoms with Gasteiger partial charge in [-0.25, -0.2) is 4.68 Å². The molecule has 4 aromatic rings. The molecule has 0 aliphatic heterocycles. The average molecular weight is 448 g/mol. The van der Waals surface area contributed by atoms with Crippen molar-refractivity contribution >= 4 is 17.0 Å². The van der Waals surface area contributed by atoms with Crippen molar-refractivity contribution in [1.29, 1.82) is 0 Å². The highest BCUT2D eigenvalue weighted by Crippen LogP contribution is 2.25. The van der Waals surface area contributed by atoms with Crippen LogP contribution in [0.4, 0.5) is 0 Å². The van der Waals surface area contributed by atoms with Gasteiger partial charge in [0.05, 0.1) is 31.2 Å². The molecule has 0 fully saturated rings. The molecule has 6 nitrogen and oxygen atoms in total. The van der Waals surface area contributed by atoms with Crippen LogP contribution < -0.4 is 15.0 Å². The van der Waals surface area contributed by atoms with Crippen molar-refractivity contribution in [1.82, 2.24) is 9.78 Å². The molecule has 0 unspecified atom stereocenters. The largest absolute Gasteiger partial charge is 0.497 e. The topological polar surface area (TPSA) is 68.6 Å². The van der Waals surface area contributed by atoms with Gasteiger partial charge in [0.15, 0.2) is 0 Å². The van der Waals surface area contributed by atoms with Gasteiger partial charge in [0.1, 0.15) is 11.5 Å². The highest BCUT2D eigenvalue weighted by atomic mass is 32.1. The van der Waals surface area contributed by atoms with Gasteiger partial charge in [-0.05, 0) is 66.9 Å². The Balaban J connectivity index is 1.76. The number of aromatic nitrogens is 2. The lowest BCUT2D eigenvalue weighted by Gasteiger charge is -2.05. The number of aliphatic imine (C=N–C) groups is 1. The number of ether oxygens (including phenoxy) is 2. The van der Waals surface area contributed by atoms with Gasteiger partial charge in [-0.2, -0.15) is 0 Å². The van der Waals surface area contributed by atoms with Crippen LogP contribution >= 0.6 is 11.3 Å². The van der Waals surface area contributed by atoms with E-state index in [4.69, 9.17) is 14.5 Å². The van der Waals surface area contributed by atoms with Crippen molar-refractivity contribution in [3.8, 4) is 28.4 Å². The molecule has 0 aliphatic rings. The van der Waals surface area contributed by atoms with Crippen molar-refractivity contribution in [2.45, 2.75) is 13.3 Å². The molecule has 2 aromatic carbocycles. The Hall–Kier alpha value is -3.58. The minimum Gasteiger partial charge on any atom is -0.497 e. The molecule has 0 spiro atoms. The summed E-state index contributed by atoms with van der Waals surface area (Å²) in [7, 11) is 3.25. The summed E-state index contributed by atoms with van der Waals surface area (Å²) in [6.45, 7) is 2.52. The maximum atomic E-state index is 13.5. The minimum atomic E-state index is -0.140.